The fraction of sp³-hybridized carbons (Fsp3) is 0.105. The van der Waals surface area contributed by atoms with Crippen molar-refractivity contribution in [2.75, 3.05) is 7.11 Å². The third kappa shape index (κ3) is 3.46. The fourth-order valence-electron chi connectivity index (χ4n) is 2.90. The largest absolute Gasteiger partial charge is 1.00 e. The quantitative estimate of drug-likeness (QED) is 0.465. The third-order valence-corrected chi connectivity index (χ3v) is 4.17. The van der Waals surface area contributed by atoms with Crippen LogP contribution in [0.3, 0.4) is 0 Å². The van der Waals surface area contributed by atoms with Gasteiger partial charge in [-0.15, -0.1) is 0 Å². The van der Waals surface area contributed by atoms with Gasteiger partial charge >= 0.3 is 29.6 Å². The van der Waals surface area contributed by atoms with E-state index in [9.17, 15) is 13.9 Å². The molecule has 0 radical (unpaired) electrons. The maximum atomic E-state index is 14.3. The minimum atomic E-state index is -0.751. The van der Waals surface area contributed by atoms with E-state index in [0.717, 1.165) is 16.6 Å². The zero-order chi connectivity index (χ0) is 19.1. The second kappa shape index (κ2) is 7.83. The Labute approximate surface area is 181 Å². The molecular weight excluding hydrogens is 377 g/mol. The van der Waals surface area contributed by atoms with Crippen molar-refractivity contribution < 1.29 is 48.2 Å². The SMILES string of the molecule is COc1ccc(-c2cc([O-])n3nc(C)c(-c4ccc(F)cc4F)c3n2)cn1.[Na+]. The van der Waals surface area contributed by atoms with Gasteiger partial charge in [0, 0.05) is 29.5 Å². The molecule has 0 spiro atoms. The molecule has 3 aromatic heterocycles. The van der Waals surface area contributed by atoms with Gasteiger partial charge in [0.1, 0.15) is 11.6 Å². The number of benzene rings is 1. The molecule has 0 N–H and O–H groups in total. The third-order valence-electron chi connectivity index (χ3n) is 4.17. The van der Waals surface area contributed by atoms with Crippen LogP contribution >= 0.6 is 0 Å². The molecule has 6 nitrogen and oxygen atoms in total. The first-order valence-corrected chi connectivity index (χ1v) is 8.01. The molecule has 0 atom stereocenters. The van der Waals surface area contributed by atoms with E-state index >= 15 is 0 Å². The summed E-state index contributed by atoms with van der Waals surface area (Å²) in [6.45, 7) is 1.64. The number of methoxy groups -OCH3 is 1. The summed E-state index contributed by atoms with van der Waals surface area (Å²) in [7, 11) is 1.50. The van der Waals surface area contributed by atoms with E-state index in [1.807, 2.05) is 0 Å². The van der Waals surface area contributed by atoms with Gasteiger partial charge in [0.2, 0.25) is 5.88 Å². The molecule has 4 aromatic rings. The minimum absolute atomic E-state index is 0. The van der Waals surface area contributed by atoms with E-state index in [4.69, 9.17) is 4.74 Å². The molecule has 0 aliphatic heterocycles. The second-order valence-electron chi connectivity index (χ2n) is 5.89. The molecule has 0 aliphatic carbocycles. The van der Waals surface area contributed by atoms with Crippen LogP contribution in [0.25, 0.3) is 28.0 Å². The Morgan fingerprint density at radius 1 is 1.11 bits per heavy atom. The number of fused-ring (bicyclic) bond motifs is 1. The van der Waals surface area contributed by atoms with Crippen LogP contribution in [0, 0.1) is 18.6 Å². The number of hydrogen-bond donors (Lipinski definition) is 0. The van der Waals surface area contributed by atoms with E-state index in [1.165, 1.54) is 25.4 Å². The first-order chi connectivity index (χ1) is 13.0. The minimum Gasteiger partial charge on any atom is -0.858 e. The molecule has 0 unspecified atom stereocenters. The first-order valence-electron chi connectivity index (χ1n) is 8.01. The molecule has 3 heterocycles. The first kappa shape index (κ1) is 20.2. The van der Waals surface area contributed by atoms with Gasteiger partial charge in [-0.2, -0.15) is 5.10 Å². The summed E-state index contributed by atoms with van der Waals surface area (Å²) in [5.41, 5.74) is 2.03. The summed E-state index contributed by atoms with van der Waals surface area (Å²) < 4.78 is 33.7. The van der Waals surface area contributed by atoms with Crippen molar-refractivity contribution in [2.45, 2.75) is 6.92 Å². The number of aromatic nitrogens is 4. The van der Waals surface area contributed by atoms with E-state index in [1.54, 1.807) is 19.1 Å². The Morgan fingerprint density at radius 2 is 1.89 bits per heavy atom. The molecule has 0 fully saturated rings. The van der Waals surface area contributed by atoms with Gasteiger partial charge < -0.3 is 9.84 Å². The maximum Gasteiger partial charge on any atom is 1.00 e. The van der Waals surface area contributed by atoms with Gasteiger partial charge in [-0.25, -0.2) is 23.3 Å². The van der Waals surface area contributed by atoms with Crippen molar-refractivity contribution in [3.05, 3.63) is 59.9 Å². The van der Waals surface area contributed by atoms with Gasteiger partial charge in [-0.1, -0.05) is 0 Å². The van der Waals surface area contributed by atoms with Crippen LogP contribution in [0.4, 0.5) is 8.78 Å². The number of pyridine rings is 1. The van der Waals surface area contributed by atoms with Crippen LogP contribution in [0.15, 0.2) is 42.6 Å². The molecule has 0 bridgehead atoms. The molecule has 0 saturated carbocycles. The Morgan fingerprint density at radius 3 is 2.54 bits per heavy atom. The average Bonchev–Trinajstić information content (AvgIpc) is 2.98. The number of aryl methyl sites for hydroxylation is 1. The van der Waals surface area contributed by atoms with Crippen molar-refractivity contribution in [1.29, 1.82) is 0 Å². The van der Waals surface area contributed by atoms with E-state index in [2.05, 4.69) is 15.1 Å². The van der Waals surface area contributed by atoms with Gasteiger partial charge in [0.25, 0.3) is 0 Å². The summed E-state index contributed by atoms with van der Waals surface area (Å²) >= 11 is 0. The summed E-state index contributed by atoms with van der Waals surface area (Å²) in [6, 6.07) is 7.93. The molecule has 136 valence electrons. The normalized spacial score (nSPS) is 10.7. The Hall–Kier alpha value is -2.55. The molecular formula is C19H13F2N4NaO2. The van der Waals surface area contributed by atoms with E-state index in [0.29, 0.717) is 28.4 Å². The molecule has 0 saturated heterocycles. The predicted molar refractivity (Wildman–Crippen MR) is 92.3 cm³/mol. The van der Waals surface area contributed by atoms with Crippen LogP contribution in [0.5, 0.6) is 11.8 Å². The van der Waals surface area contributed by atoms with Crippen LogP contribution < -0.4 is 39.4 Å². The number of ether oxygens (including phenoxy) is 1. The van der Waals surface area contributed by atoms with Crippen molar-refractivity contribution in [3.8, 4) is 34.1 Å². The van der Waals surface area contributed by atoms with Gasteiger partial charge in [0.05, 0.1) is 24.1 Å². The van der Waals surface area contributed by atoms with Crippen LogP contribution in [-0.4, -0.2) is 26.7 Å². The summed E-state index contributed by atoms with van der Waals surface area (Å²) in [5.74, 6) is -1.43. The van der Waals surface area contributed by atoms with Gasteiger partial charge in [-0.05, 0) is 37.1 Å². The second-order valence-corrected chi connectivity index (χ2v) is 5.89. The molecule has 28 heavy (non-hydrogen) atoms. The summed E-state index contributed by atoms with van der Waals surface area (Å²) in [4.78, 5) is 8.59. The van der Waals surface area contributed by atoms with Crippen molar-refractivity contribution in [1.82, 2.24) is 19.6 Å². The Balaban J connectivity index is 0.00000225. The van der Waals surface area contributed by atoms with Gasteiger partial charge in [0.15, 0.2) is 5.65 Å². The maximum absolute atomic E-state index is 14.3. The number of hydrogen-bond acceptors (Lipinski definition) is 5. The monoisotopic (exact) mass is 390 g/mol. The molecule has 0 amide bonds. The standard InChI is InChI=1S/C19H14F2N4O2.Na/c1-10-18(13-5-4-12(20)7-14(13)21)19-23-15(8-17(26)25(19)24-10)11-3-6-16(27-2)22-9-11;/h3-9,26H,1-2H3;/q;+1/p-1. The van der Waals surface area contributed by atoms with Crippen molar-refractivity contribution in [2.24, 2.45) is 0 Å². The summed E-state index contributed by atoms with van der Waals surface area (Å²) in [6.07, 6.45) is 1.53. The molecule has 0 aliphatic rings. The van der Waals surface area contributed by atoms with Gasteiger partial charge in [-0.3, -0.25) is 0 Å². The topological polar surface area (TPSA) is 75.4 Å². The number of halogens is 2. The van der Waals surface area contributed by atoms with Crippen molar-refractivity contribution in [3.63, 3.8) is 0 Å². The van der Waals surface area contributed by atoms with E-state index < -0.39 is 17.5 Å². The zero-order valence-electron chi connectivity index (χ0n) is 15.4. The van der Waals surface area contributed by atoms with Crippen LogP contribution in [0.2, 0.25) is 0 Å². The van der Waals surface area contributed by atoms with Crippen LogP contribution in [0.1, 0.15) is 5.69 Å². The van der Waals surface area contributed by atoms with E-state index in [-0.39, 0.29) is 40.8 Å². The Bertz CT molecular complexity index is 1160. The van der Waals surface area contributed by atoms with Crippen molar-refractivity contribution >= 4 is 5.65 Å². The average molecular weight is 390 g/mol. The van der Waals surface area contributed by atoms with Crippen LogP contribution in [-0.2, 0) is 0 Å². The number of rotatable bonds is 3. The molecule has 1 aromatic carbocycles. The fourth-order valence-corrected chi connectivity index (χ4v) is 2.90. The smallest absolute Gasteiger partial charge is 0.858 e. The molecule has 4 rings (SSSR count). The Kier molecular flexibility index (Phi) is 5.64. The summed E-state index contributed by atoms with van der Waals surface area (Å²) in [5, 5.41) is 16.7. The molecule has 9 heteroatoms. The zero-order valence-corrected chi connectivity index (χ0v) is 17.4. The predicted octanol–water partition coefficient (Wildman–Crippen LogP) is 0.131. The number of nitrogens with zero attached hydrogens (tertiary/aromatic N) is 4.